The summed E-state index contributed by atoms with van der Waals surface area (Å²) in [5.74, 6) is -1.11. The number of aliphatic carboxylic acids is 1. The molecule has 2 rings (SSSR count). The number of hydrogen-bond donors (Lipinski definition) is 2. The molecule has 0 unspecified atom stereocenters. The zero-order valence-corrected chi connectivity index (χ0v) is 14.5. The molecule has 7 heteroatoms. The van der Waals surface area contributed by atoms with Crippen LogP contribution in [-0.4, -0.2) is 53.0 Å². The van der Waals surface area contributed by atoms with Crippen LogP contribution in [0.25, 0.3) is 0 Å². The topological polar surface area (TPSA) is 95.9 Å². The minimum atomic E-state index is -1.30. The second-order valence-corrected chi connectivity index (χ2v) is 6.68. The second kappa shape index (κ2) is 8.00. The van der Waals surface area contributed by atoms with Crippen LogP contribution in [0.1, 0.15) is 26.7 Å². The Hall–Kier alpha value is -2.57. The lowest BCUT2D eigenvalue weighted by molar-refractivity contribution is -0.147. The summed E-state index contributed by atoms with van der Waals surface area (Å²) in [5.41, 5.74) is -1.30. The van der Waals surface area contributed by atoms with Gasteiger partial charge in [0, 0.05) is 19.0 Å². The zero-order valence-electron chi connectivity index (χ0n) is 14.5. The van der Waals surface area contributed by atoms with Crippen LogP contribution in [-0.2, 0) is 14.4 Å². The van der Waals surface area contributed by atoms with Crippen molar-refractivity contribution in [2.75, 3.05) is 19.7 Å². The van der Waals surface area contributed by atoms with E-state index in [1.165, 1.54) is 13.8 Å². The molecule has 25 heavy (non-hydrogen) atoms. The molecule has 1 saturated heterocycles. The first-order chi connectivity index (χ1) is 11.8. The first-order valence-electron chi connectivity index (χ1n) is 8.30. The van der Waals surface area contributed by atoms with Crippen molar-refractivity contribution in [3.63, 3.8) is 0 Å². The zero-order chi connectivity index (χ0) is 18.4. The van der Waals surface area contributed by atoms with Gasteiger partial charge in [-0.3, -0.25) is 9.59 Å². The molecule has 1 aromatic carbocycles. The highest BCUT2D eigenvalue weighted by Gasteiger charge is 2.34. The van der Waals surface area contributed by atoms with Gasteiger partial charge in [-0.2, -0.15) is 0 Å². The number of carbonyl (C=O) groups is 3. The molecule has 2 amide bonds. The molecule has 1 fully saturated rings. The Balaban J connectivity index is 1.78. The van der Waals surface area contributed by atoms with Crippen molar-refractivity contribution in [3.05, 3.63) is 30.3 Å². The maximum Gasteiger partial charge on any atom is 0.328 e. The number of nitrogens with zero attached hydrogens (tertiary/aromatic N) is 1. The van der Waals surface area contributed by atoms with Gasteiger partial charge in [0.2, 0.25) is 5.91 Å². The Labute approximate surface area is 147 Å². The fraction of sp³-hybridized carbons (Fsp3) is 0.500. The van der Waals surface area contributed by atoms with E-state index in [2.05, 4.69) is 5.32 Å². The van der Waals surface area contributed by atoms with E-state index in [-0.39, 0.29) is 24.3 Å². The number of carboxylic acid groups (broad SMARTS) is 1. The maximum atomic E-state index is 12.2. The Bertz CT molecular complexity index is 622. The summed E-state index contributed by atoms with van der Waals surface area (Å²) in [4.78, 5) is 37.2. The standard InChI is InChI=1S/C18H24N2O5/c1-18(2,17(23)24)19-16(22)13-8-10-20(11-9-13)15(21)12-25-14-6-4-3-5-7-14/h3-7,13H,8-12H2,1-2H3,(H,19,22)(H,23,24). The molecular weight excluding hydrogens is 324 g/mol. The molecule has 0 spiro atoms. The molecule has 2 N–H and O–H groups in total. The van der Waals surface area contributed by atoms with Gasteiger partial charge in [-0.25, -0.2) is 4.79 Å². The van der Waals surface area contributed by atoms with E-state index in [0.717, 1.165) is 0 Å². The summed E-state index contributed by atoms with van der Waals surface area (Å²) in [6, 6.07) is 9.11. The van der Waals surface area contributed by atoms with Crippen LogP contribution in [0.4, 0.5) is 0 Å². The third kappa shape index (κ3) is 5.20. The minimum absolute atomic E-state index is 0.0348. The highest BCUT2D eigenvalue weighted by molar-refractivity contribution is 5.87. The summed E-state index contributed by atoms with van der Waals surface area (Å²) in [5, 5.41) is 11.6. The van der Waals surface area contributed by atoms with Gasteiger partial charge in [-0.1, -0.05) is 18.2 Å². The average molecular weight is 348 g/mol. The monoisotopic (exact) mass is 348 g/mol. The lowest BCUT2D eigenvalue weighted by Crippen LogP contribution is -2.53. The van der Waals surface area contributed by atoms with Crippen molar-refractivity contribution in [1.29, 1.82) is 0 Å². The van der Waals surface area contributed by atoms with E-state index < -0.39 is 11.5 Å². The molecule has 136 valence electrons. The summed E-state index contributed by atoms with van der Waals surface area (Å²) in [7, 11) is 0. The predicted molar refractivity (Wildman–Crippen MR) is 91.1 cm³/mol. The fourth-order valence-electron chi connectivity index (χ4n) is 2.61. The van der Waals surface area contributed by atoms with Crippen molar-refractivity contribution in [2.45, 2.75) is 32.2 Å². The lowest BCUT2D eigenvalue weighted by atomic mass is 9.94. The Morgan fingerprint density at radius 1 is 1.20 bits per heavy atom. The number of likely N-dealkylation sites (tertiary alicyclic amines) is 1. The Morgan fingerprint density at radius 3 is 2.36 bits per heavy atom. The van der Waals surface area contributed by atoms with Crippen molar-refractivity contribution in [3.8, 4) is 5.75 Å². The van der Waals surface area contributed by atoms with E-state index in [0.29, 0.717) is 31.7 Å². The highest BCUT2D eigenvalue weighted by Crippen LogP contribution is 2.19. The first-order valence-corrected chi connectivity index (χ1v) is 8.30. The third-order valence-electron chi connectivity index (χ3n) is 4.29. The fourth-order valence-corrected chi connectivity index (χ4v) is 2.61. The number of piperidine rings is 1. The molecular formula is C18H24N2O5. The predicted octanol–water partition coefficient (Wildman–Crippen LogP) is 1.28. The molecule has 0 aromatic heterocycles. The van der Waals surface area contributed by atoms with Crippen LogP contribution in [0.5, 0.6) is 5.75 Å². The van der Waals surface area contributed by atoms with Gasteiger partial charge in [0.25, 0.3) is 5.91 Å². The van der Waals surface area contributed by atoms with Gasteiger partial charge in [-0.05, 0) is 38.8 Å². The molecule has 1 aliphatic rings. The molecule has 1 aromatic rings. The summed E-state index contributed by atoms with van der Waals surface area (Å²) in [6.45, 7) is 3.79. The van der Waals surface area contributed by atoms with Crippen molar-refractivity contribution >= 4 is 17.8 Å². The van der Waals surface area contributed by atoms with Crippen LogP contribution < -0.4 is 10.1 Å². The van der Waals surface area contributed by atoms with Crippen LogP contribution >= 0.6 is 0 Å². The Kier molecular flexibility index (Phi) is 6.01. The first kappa shape index (κ1) is 18.8. The number of carboxylic acids is 1. The lowest BCUT2D eigenvalue weighted by Gasteiger charge is -2.32. The quantitative estimate of drug-likeness (QED) is 0.807. The third-order valence-corrected chi connectivity index (χ3v) is 4.29. The number of para-hydroxylation sites is 1. The summed E-state index contributed by atoms with van der Waals surface area (Å²) in [6.07, 6.45) is 1.03. The van der Waals surface area contributed by atoms with E-state index in [1.54, 1.807) is 17.0 Å². The largest absolute Gasteiger partial charge is 0.484 e. The van der Waals surface area contributed by atoms with Gasteiger partial charge in [-0.15, -0.1) is 0 Å². The summed E-state index contributed by atoms with van der Waals surface area (Å²) < 4.78 is 5.45. The molecule has 0 bridgehead atoms. The molecule has 7 nitrogen and oxygen atoms in total. The van der Waals surface area contributed by atoms with Gasteiger partial charge < -0.3 is 20.1 Å². The number of carbonyl (C=O) groups excluding carboxylic acids is 2. The molecule has 0 saturated carbocycles. The number of nitrogens with one attached hydrogen (secondary N) is 1. The minimum Gasteiger partial charge on any atom is -0.484 e. The van der Waals surface area contributed by atoms with Gasteiger partial charge in [0.1, 0.15) is 11.3 Å². The van der Waals surface area contributed by atoms with Crippen molar-refractivity contribution in [2.24, 2.45) is 5.92 Å². The Morgan fingerprint density at radius 2 is 1.80 bits per heavy atom. The van der Waals surface area contributed by atoms with Crippen LogP contribution in [0.15, 0.2) is 30.3 Å². The SMILES string of the molecule is CC(C)(NC(=O)C1CCN(C(=O)COc2ccccc2)CC1)C(=O)O. The van der Waals surface area contributed by atoms with Gasteiger partial charge in [0.15, 0.2) is 6.61 Å². The van der Waals surface area contributed by atoms with Gasteiger partial charge in [0.05, 0.1) is 0 Å². The number of benzene rings is 1. The normalized spacial score (nSPS) is 15.5. The van der Waals surface area contributed by atoms with E-state index >= 15 is 0 Å². The van der Waals surface area contributed by atoms with Crippen molar-refractivity contribution < 1.29 is 24.2 Å². The maximum absolute atomic E-state index is 12.2. The highest BCUT2D eigenvalue weighted by atomic mass is 16.5. The number of hydrogen-bond acceptors (Lipinski definition) is 4. The van der Waals surface area contributed by atoms with Gasteiger partial charge >= 0.3 is 5.97 Å². The molecule has 1 aliphatic heterocycles. The summed E-state index contributed by atoms with van der Waals surface area (Å²) >= 11 is 0. The smallest absolute Gasteiger partial charge is 0.328 e. The van der Waals surface area contributed by atoms with Crippen LogP contribution in [0, 0.1) is 5.92 Å². The molecule has 0 aliphatic carbocycles. The molecule has 1 heterocycles. The second-order valence-electron chi connectivity index (χ2n) is 6.68. The van der Waals surface area contributed by atoms with Crippen LogP contribution in [0.2, 0.25) is 0 Å². The molecule has 0 radical (unpaired) electrons. The van der Waals surface area contributed by atoms with E-state index in [9.17, 15) is 14.4 Å². The molecule has 0 atom stereocenters. The number of amides is 2. The average Bonchev–Trinajstić information content (AvgIpc) is 2.60. The number of rotatable bonds is 6. The number of ether oxygens (including phenoxy) is 1. The van der Waals surface area contributed by atoms with Crippen molar-refractivity contribution in [1.82, 2.24) is 10.2 Å². The van der Waals surface area contributed by atoms with E-state index in [4.69, 9.17) is 9.84 Å². The van der Waals surface area contributed by atoms with E-state index in [1.807, 2.05) is 18.2 Å². The van der Waals surface area contributed by atoms with Crippen LogP contribution in [0.3, 0.4) is 0 Å².